The lowest BCUT2D eigenvalue weighted by atomic mass is 10.2. The van der Waals surface area contributed by atoms with Gasteiger partial charge in [-0.25, -0.2) is 4.98 Å². The molecule has 0 spiro atoms. The van der Waals surface area contributed by atoms with E-state index in [9.17, 15) is 4.79 Å². The van der Waals surface area contributed by atoms with Crippen LogP contribution in [-0.4, -0.2) is 16.9 Å². The van der Waals surface area contributed by atoms with Gasteiger partial charge in [0, 0.05) is 11.8 Å². The van der Waals surface area contributed by atoms with Crippen molar-refractivity contribution in [2.45, 2.75) is 32.7 Å². The molecular formula is C14H19N5O2S. The van der Waals surface area contributed by atoms with Gasteiger partial charge in [0.05, 0.1) is 6.54 Å². The van der Waals surface area contributed by atoms with Crippen LogP contribution < -0.4 is 16.4 Å². The molecule has 2 rings (SSSR count). The molecular weight excluding hydrogens is 302 g/mol. The molecule has 118 valence electrons. The third kappa shape index (κ3) is 4.59. The fourth-order valence-electron chi connectivity index (χ4n) is 1.78. The molecule has 0 aliphatic heterocycles. The molecule has 0 aliphatic rings. The van der Waals surface area contributed by atoms with Crippen LogP contribution in [0.3, 0.4) is 0 Å². The van der Waals surface area contributed by atoms with Crippen LogP contribution in [0.25, 0.3) is 11.5 Å². The van der Waals surface area contributed by atoms with Crippen LogP contribution in [0.1, 0.15) is 31.9 Å². The van der Waals surface area contributed by atoms with Crippen molar-refractivity contribution in [1.82, 2.24) is 10.3 Å². The second kappa shape index (κ2) is 7.60. The average molecular weight is 321 g/mol. The number of thiazole rings is 1. The Morgan fingerprint density at radius 2 is 2.32 bits per heavy atom. The number of guanidine groups is 1. The van der Waals surface area contributed by atoms with Crippen LogP contribution in [0.15, 0.2) is 21.9 Å². The molecule has 0 aromatic carbocycles. The van der Waals surface area contributed by atoms with Gasteiger partial charge >= 0.3 is 0 Å². The molecule has 5 N–H and O–H groups in total. The number of anilines is 1. The molecule has 0 unspecified atom stereocenters. The molecule has 0 fully saturated rings. The fourth-order valence-corrected chi connectivity index (χ4v) is 2.49. The van der Waals surface area contributed by atoms with Crippen LogP contribution >= 0.6 is 11.3 Å². The van der Waals surface area contributed by atoms with Gasteiger partial charge < -0.3 is 20.8 Å². The van der Waals surface area contributed by atoms with Gasteiger partial charge in [-0.15, -0.1) is 11.3 Å². The van der Waals surface area contributed by atoms with Crippen LogP contribution in [0.4, 0.5) is 5.13 Å². The van der Waals surface area contributed by atoms with Gasteiger partial charge in [-0.05, 0) is 18.6 Å². The summed E-state index contributed by atoms with van der Waals surface area (Å²) in [6.07, 6.45) is 2.43. The average Bonchev–Trinajstić information content (AvgIpc) is 3.11. The normalized spacial score (nSPS) is 10.4. The highest BCUT2D eigenvalue weighted by molar-refractivity contribution is 7.14. The smallest absolute Gasteiger partial charge is 0.220 e. The number of hydrogen-bond donors (Lipinski definition) is 4. The summed E-state index contributed by atoms with van der Waals surface area (Å²) in [5.41, 5.74) is 5.92. The molecule has 2 aromatic rings. The first kappa shape index (κ1) is 16.0. The molecule has 22 heavy (non-hydrogen) atoms. The van der Waals surface area contributed by atoms with E-state index in [0.29, 0.717) is 35.3 Å². The van der Waals surface area contributed by atoms with Crippen molar-refractivity contribution >= 4 is 28.3 Å². The summed E-state index contributed by atoms with van der Waals surface area (Å²) in [6.45, 7) is 2.42. The standard InChI is InChI=1S/C14H19N5O2S/c1-2-3-4-12(20)17-7-9-5-6-11(21-9)10-8-22-14(18-10)19-13(15)16/h5-6,8H,2-4,7H2,1H3,(H,17,20)(H4,15,16,18,19). The highest BCUT2D eigenvalue weighted by Gasteiger charge is 2.10. The molecule has 0 saturated carbocycles. The Hall–Kier alpha value is -2.35. The zero-order chi connectivity index (χ0) is 15.9. The summed E-state index contributed by atoms with van der Waals surface area (Å²) < 4.78 is 5.66. The molecule has 0 atom stereocenters. The molecule has 0 radical (unpaired) electrons. The summed E-state index contributed by atoms with van der Waals surface area (Å²) in [6, 6.07) is 3.62. The predicted molar refractivity (Wildman–Crippen MR) is 86.7 cm³/mol. The highest BCUT2D eigenvalue weighted by atomic mass is 32.1. The topological polar surface area (TPSA) is 117 Å². The number of nitrogens with zero attached hydrogens (tertiary/aromatic N) is 1. The van der Waals surface area contributed by atoms with Gasteiger partial charge in [0.15, 0.2) is 16.9 Å². The van der Waals surface area contributed by atoms with E-state index in [2.05, 4.69) is 22.5 Å². The van der Waals surface area contributed by atoms with Crippen LogP contribution in [0.5, 0.6) is 0 Å². The number of carbonyl (C=O) groups is 1. The largest absolute Gasteiger partial charge is 0.458 e. The number of amides is 1. The number of aromatic nitrogens is 1. The van der Waals surface area contributed by atoms with Crippen molar-refractivity contribution in [2.75, 3.05) is 5.32 Å². The maximum Gasteiger partial charge on any atom is 0.220 e. The number of nitrogens with one attached hydrogen (secondary N) is 3. The minimum Gasteiger partial charge on any atom is -0.458 e. The Morgan fingerprint density at radius 3 is 3.05 bits per heavy atom. The monoisotopic (exact) mass is 321 g/mol. The van der Waals surface area contributed by atoms with Gasteiger partial charge in [0.2, 0.25) is 5.91 Å². The zero-order valence-electron chi connectivity index (χ0n) is 12.3. The van der Waals surface area contributed by atoms with Crippen LogP contribution in [0, 0.1) is 5.41 Å². The van der Waals surface area contributed by atoms with E-state index in [4.69, 9.17) is 15.6 Å². The summed E-state index contributed by atoms with van der Waals surface area (Å²) in [5, 5.41) is 15.0. The van der Waals surface area contributed by atoms with Crippen molar-refractivity contribution < 1.29 is 9.21 Å². The molecule has 0 saturated heterocycles. The highest BCUT2D eigenvalue weighted by Crippen LogP contribution is 2.26. The predicted octanol–water partition coefficient (Wildman–Crippen LogP) is 2.51. The van der Waals surface area contributed by atoms with E-state index < -0.39 is 0 Å². The first-order chi connectivity index (χ1) is 10.6. The van der Waals surface area contributed by atoms with Crippen molar-refractivity contribution in [1.29, 1.82) is 5.41 Å². The maximum atomic E-state index is 11.6. The Bertz CT molecular complexity index is 649. The zero-order valence-corrected chi connectivity index (χ0v) is 13.1. The molecule has 2 heterocycles. The number of furan rings is 1. The quantitative estimate of drug-likeness (QED) is 0.462. The Labute approximate surface area is 132 Å². The number of rotatable bonds is 7. The van der Waals surface area contributed by atoms with Gasteiger partial charge in [-0.3, -0.25) is 10.2 Å². The van der Waals surface area contributed by atoms with Crippen molar-refractivity contribution in [3.8, 4) is 11.5 Å². The fraction of sp³-hybridized carbons (Fsp3) is 0.357. The summed E-state index contributed by atoms with van der Waals surface area (Å²) in [5.74, 6) is 1.16. The third-order valence-corrected chi connectivity index (χ3v) is 3.63. The van der Waals surface area contributed by atoms with Gasteiger partial charge in [-0.2, -0.15) is 0 Å². The molecule has 8 heteroatoms. The van der Waals surface area contributed by atoms with E-state index >= 15 is 0 Å². The van der Waals surface area contributed by atoms with Gasteiger partial charge in [0.1, 0.15) is 11.5 Å². The van der Waals surface area contributed by atoms with E-state index in [1.165, 1.54) is 11.3 Å². The minimum absolute atomic E-state index is 0.0291. The van der Waals surface area contributed by atoms with Gasteiger partial charge in [0.25, 0.3) is 0 Å². The molecule has 2 aromatic heterocycles. The summed E-state index contributed by atoms with van der Waals surface area (Å²) in [4.78, 5) is 15.8. The number of carbonyl (C=O) groups excluding carboxylic acids is 1. The number of hydrogen-bond acceptors (Lipinski definition) is 5. The van der Waals surface area contributed by atoms with Crippen molar-refractivity contribution in [3.63, 3.8) is 0 Å². The minimum atomic E-state index is -0.157. The third-order valence-electron chi connectivity index (χ3n) is 2.88. The van der Waals surface area contributed by atoms with Crippen molar-refractivity contribution in [2.24, 2.45) is 5.73 Å². The first-order valence-corrected chi connectivity index (χ1v) is 7.88. The van der Waals surface area contributed by atoms with Crippen LogP contribution in [0.2, 0.25) is 0 Å². The van der Waals surface area contributed by atoms with E-state index in [0.717, 1.165) is 12.8 Å². The lowest BCUT2D eigenvalue weighted by molar-refractivity contribution is -0.121. The second-order valence-corrected chi connectivity index (χ2v) is 5.58. The molecule has 0 bridgehead atoms. The van der Waals surface area contributed by atoms with E-state index in [1.807, 2.05) is 11.4 Å². The second-order valence-electron chi connectivity index (χ2n) is 4.72. The molecule has 0 aliphatic carbocycles. The number of unbranched alkanes of at least 4 members (excludes halogenated alkanes) is 1. The maximum absolute atomic E-state index is 11.6. The van der Waals surface area contributed by atoms with Crippen LogP contribution in [-0.2, 0) is 11.3 Å². The molecule has 7 nitrogen and oxygen atoms in total. The Balaban J connectivity index is 1.92. The molecule has 1 amide bonds. The van der Waals surface area contributed by atoms with E-state index in [1.54, 1.807) is 6.07 Å². The van der Waals surface area contributed by atoms with E-state index in [-0.39, 0.29) is 11.9 Å². The van der Waals surface area contributed by atoms with Gasteiger partial charge in [-0.1, -0.05) is 13.3 Å². The lowest BCUT2D eigenvalue weighted by Crippen LogP contribution is -2.21. The number of nitrogens with two attached hydrogens (primary N) is 1. The summed E-state index contributed by atoms with van der Waals surface area (Å²) >= 11 is 1.34. The lowest BCUT2D eigenvalue weighted by Gasteiger charge is -2.01. The van der Waals surface area contributed by atoms with Crippen molar-refractivity contribution in [3.05, 3.63) is 23.3 Å². The first-order valence-electron chi connectivity index (χ1n) is 7.01. The summed E-state index contributed by atoms with van der Waals surface area (Å²) in [7, 11) is 0. The Morgan fingerprint density at radius 1 is 1.50 bits per heavy atom. The Kier molecular flexibility index (Phi) is 5.54. The SMILES string of the molecule is CCCCC(=O)NCc1ccc(-c2csc(NC(=N)N)n2)o1.